The molecule has 0 radical (unpaired) electrons. The number of nitrogens with one attached hydrogen (secondary N) is 2. The first-order valence-corrected chi connectivity index (χ1v) is 3.41. The first-order valence-electron chi connectivity index (χ1n) is 3.41. The zero-order valence-corrected chi connectivity index (χ0v) is 9.63. The Morgan fingerprint density at radius 3 is 1.33 bits per heavy atom. The van der Waals surface area contributed by atoms with Gasteiger partial charge in [0.1, 0.15) is 0 Å². The molecular weight excluding hydrogens is 299 g/mol. The second-order valence-electron chi connectivity index (χ2n) is 2.06. The van der Waals surface area contributed by atoms with E-state index in [-0.39, 0.29) is 20.4 Å². The van der Waals surface area contributed by atoms with Crippen molar-refractivity contribution in [2.45, 2.75) is 13.8 Å². The van der Waals surface area contributed by atoms with Crippen LogP contribution in [0.4, 0.5) is 0 Å². The van der Waals surface area contributed by atoms with Crippen molar-refractivity contribution in [3.8, 4) is 0 Å². The molecule has 0 aliphatic heterocycles. The minimum atomic E-state index is 0. The molecule has 0 aliphatic rings. The van der Waals surface area contributed by atoms with Crippen LogP contribution in [0.1, 0.15) is 13.8 Å². The van der Waals surface area contributed by atoms with E-state index in [1.807, 2.05) is 0 Å². The first-order chi connectivity index (χ1) is 6.62. The molecule has 0 saturated carbocycles. The van der Waals surface area contributed by atoms with E-state index in [9.17, 15) is 9.81 Å². The molecule has 0 spiro atoms. The van der Waals surface area contributed by atoms with Crippen molar-refractivity contribution < 1.29 is 30.8 Å². The van der Waals surface area contributed by atoms with Crippen molar-refractivity contribution in [2.24, 2.45) is 10.4 Å². The van der Waals surface area contributed by atoms with E-state index in [0.29, 0.717) is 11.4 Å². The van der Waals surface area contributed by atoms with Crippen LogP contribution >= 0.6 is 0 Å². The number of hydroxylamine groups is 2. The molecule has 0 rings (SSSR count). The molecule has 0 aromatic carbocycles. The predicted octanol–water partition coefficient (Wildman–Crippen LogP) is 1.18. The fourth-order valence-corrected chi connectivity index (χ4v) is 0.216. The van der Waals surface area contributed by atoms with E-state index >= 15 is 0 Å². The van der Waals surface area contributed by atoms with Gasteiger partial charge in [-0.3, -0.25) is 21.4 Å². The Morgan fingerprint density at radius 1 is 1.00 bits per heavy atom. The summed E-state index contributed by atoms with van der Waals surface area (Å²) in [5, 5.41) is 20.6. The molecule has 4 N–H and O–H groups in total. The normalized spacial score (nSPS) is 10.1. The van der Waals surface area contributed by atoms with Gasteiger partial charge in [0.2, 0.25) is 0 Å². The van der Waals surface area contributed by atoms with Crippen molar-refractivity contribution in [2.75, 3.05) is 0 Å². The van der Waals surface area contributed by atoms with Crippen LogP contribution in [-0.4, -0.2) is 10.4 Å². The van der Waals surface area contributed by atoms with Crippen molar-refractivity contribution in [3.05, 3.63) is 33.6 Å². The third-order valence-corrected chi connectivity index (χ3v) is 0.845. The number of allylic oxidation sites excluding steroid dienone is 2. The van der Waals surface area contributed by atoms with Crippen LogP contribution in [0.5, 0.6) is 0 Å². The number of nitrogens with zero attached hydrogens (tertiary/aromatic N) is 2. The quantitative estimate of drug-likeness (QED) is 0.351. The second kappa shape index (κ2) is 15.3. The summed E-state index contributed by atoms with van der Waals surface area (Å²) >= 11 is 0. The zero-order valence-electron chi connectivity index (χ0n) is 8.08. The van der Waals surface area contributed by atoms with E-state index in [1.165, 1.54) is 13.8 Å². The van der Waals surface area contributed by atoms with Crippen molar-refractivity contribution >= 4 is 0 Å². The van der Waals surface area contributed by atoms with Crippen molar-refractivity contribution in [3.63, 3.8) is 0 Å². The van der Waals surface area contributed by atoms with E-state index in [0.717, 1.165) is 12.4 Å². The van der Waals surface area contributed by atoms with Gasteiger partial charge in [-0.25, -0.2) is 0 Å². The summed E-state index contributed by atoms with van der Waals surface area (Å²) in [5.41, 5.74) is 4.12. The molecule has 0 bridgehead atoms. The fourth-order valence-electron chi connectivity index (χ4n) is 0.216. The predicted molar refractivity (Wildman–Crippen MR) is 48.9 cm³/mol. The maximum atomic E-state index is 9.30. The Balaban J connectivity index is -0.000000180. The van der Waals surface area contributed by atoms with E-state index in [1.54, 1.807) is 11.0 Å². The van der Waals surface area contributed by atoms with Gasteiger partial charge >= 0.3 is 0 Å². The molecule has 0 atom stereocenters. The molecule has 0 saturated heterocycles. The topological polar surface area (TPSA) is 123 Å². The SMILES string of the molecule is C/C(=C/N=O)NO.C/C(=C/N=O)NO.[Pd]. The smallest absolute Gasteiger partial charge is 0.0924 e. The van der Waals surface area contributed by atoms with Crippen LogP contribution in [0.3, 0.4) is 0 Å². The van der Waals surface area contributed by atoms with Gasteiger partial charge in [0.25, 0.3) is 0 Å². The molecular formula is C6H12N4O4Pd. The van der Waals surface area contributed by atoms with Crippen molar-refractivity contribution in [1.82, 2.24) is 11.0 Å². The average Bonchev–Trinajstić information content (AvgIpc) is 2.19. The Morgan fingerprint density at radius 2 is 1.27 bits per heavy atom. The van der Waals surface area contributed by atoms with Gasteiger partial charge in [-0.1, -0.05) is 0 Å². The van der Waals surface area contributed by atoms with Gasteiger partial charge in [-0.05, 0) is 24.2 Å². The van der Waals surface area contributed by atoms with Gasteiger partial charge in [0.05, 0.1) is 23.8 Å². The maximum absolute atomic E-state index is 9.30. The standard InChI is InChI=1S/2C3H6N2O2.Pd/c2*1-3(5-7)2-4-6;/h2*2,5,7H,1H3;/b2*3-2-;. The minimum Gasteiger partial charge on any atom is -0.291 e. The van der Waals surface area contributed by atoms with Gasteiger partial charge in [-0.15, -0.1) is 9.81 Å². The summed E-state index contributed by atoms with van der Waals surface area (Å²) in [7, 11) is 0. The second-order valence-corrected chi connectivity index (χ2v) is 2.06. The van der Waals surface area contributed by atoms with E-state index in [4.69, 9.17) is 10.4 Å². The molecule has 0 heterocycles. The van der Waals surface area contributed by atoms with Crippen LogP contribution in [0, 0.1) is 9.81 Å². The first kappa shape index (κ1) is 19.4. The minimum absolute atomic E-state index is 0. The molecule has 0 aromatic heterocycles. The molecule has 90 valence electrons. The van der Waals surface area contributed by atoms with E-state index < -0.39 is 0 Å². The largest absolute Gasteiger partial charge is 0.291 e. The van der Waals surface area contributed by atoms with Crippen LogP contribution in [0.15, 0.2) is 34.1 Å². The number of nitroso groups, excluding NO2 is 2. The number of hydrogen-bond donors (Lipinski definition) is 4. The summed E-state index contributed by atoms with van der Waals surface area (Å²) in [6.07, 6.45) is 1.94. The molecule has 0 aromatic rings. The molecule has 0 amide bonds. The summed E-state index contributed by atoms with van der Waals surface area (Å²) in [4.78, 5) is 18.6. The molecule has 0 unspecified atom stereocenters. The van der Waals surface area contributed by atoms with Gasteiger partial charge in [0.15, 0.2) is 0 Å². The third kappa shape index (κ3) is 19.3. The molecule has 15 heavy (non-hydrogen) atoms. The zero-order chi connectivity index (χ0) is 11.4. The van der Waals surface area contributed by atoms with Crippen LogP contribution in [0.2, 0.25) is 0 Å². The van der Waals surface area contributed by atoms with Gasteiger partial charge < -0.3 is 0 Å². The van der Waals surface area contributed by atoms with Crippen LogP contribution in [0.25, 0.3) is 0 Å². The Kier molecular flexibility index (Phi) is 19.9. The Bertz CT molecular complexity index is 207. The van der Waals surface area contributed by atoms with E-state index in [2.05, 4.69) is 10.4 Å². The summed E-state index contributed by atoms with van der Waals surface area (Å²) in [6.45, 7) is 3.03. The number of hydrogen-bond acceptors (Lipinski definition) is 8. The number of rotatable bonds is 4. The molecule has 9 heteroatoms. The summed E-state index contributed by atoms with van der Waals surface area (Å²) in [6, 6.07) is 0. The van der Waals surface area contributed by atoms with Gasteiger partial charge in [-0.2, -0.15) is 0 Å². The Hall–Kier alpha value is -1.14. The maximum Gasteiger partial charge on any atom is 0.0924 e. The molecule has 8 nitrogen and oxygen atoms in total. The third-order valence-electron chi connectivity index (χ3n) is 0.845. The Labute approximate surface area is 100.0 Å². The van der Waals surface area contributed by atoms with Crippen LogP contribution < -0.4 is 11.0 Å². The molecule has 0 fully saturated rings. The summed E-state index contributed by atoms with van der Waals surface area (Å²) < 4.78 is 0. The van der Waals surface area contributed by atoms with Crippen molar-refractivity contribution in [1.29, 1.82) is 0 Å². The average molecular weight is 311 g/mol. The fraction of sp³-hybridized carbons (Fsp3) is 0.333. The van der Waals surface area contributed by atoms with Crippen LogP contribution in [-0.2, 0) is 20.4 Å². The monoisotopic (exact) mass is 310 g/mol. The molecule has 0 aliphatic carbocycles. The summed E-state index contributed by atoms with van der Waals surface area (Å²) in [5.74, 6) is 0. The van der Waals surface area contributed by atoms with Gasteiger partial charge in [0, 0.05) is 20.4 Å².